The van der Waals surface area contributed by atoms with Gasteiger partial charge >= 0.3 is 0 Å². The molecule has 5 nitrogen and oxygen atoms in total. The molecule has 0 radical (unpaired) electrons. The van der Waals surface area contributed by atoms with E-state index in [9.17, 15) is 0 Å². The Morgan fingerprint density at radius 1 is 1.35 bits per heavy atom. The number of fused-ring (bicyclic) bond motifs is 1. The van der Waals surface area contributed by atoms with E-state index in [4.69, 9.17) is 0 Å². The molecule has 1 atom stereocenters. The summed E-state index contributed by atoms with van der Waals surface area (Å²) in [4.78, 5) is 8.54. The molecule has 0 spiro atoms. The maximum atomic E-state index is 4.40. The van der Waals surface area contributed by atoms with Crippen LogP contribution in [0.4, 0.5) is 0 Å². The summed E-state index contributed by atoms with van der Waals surface area (Å²) in [6, 6.07) is 6.24. The fraction of sp³-hybridized carbons (Fsp3) is 0.267. The number of rotatable bonds is 4. The molecule has 3 aromatic rings. The zero-order chi connectivity index (χ0) is 13.9. The molecule has 1 N–H and O–H groups in total. The van der Waals surface area contributed by atoms with Crippen LogP contribution in [0.15, 0.2) is 43.0 Å². The summed E-state index contributed by atoms with van der Waals surface area (Å²) in [5.41, 5.74) is 4.14. The number of aryl methyl sites for hydroxylation is 1. The number of hydrogen-bond donors (Lipinski definition) is 1. The van der Waals surface area contributed by atoms with E-state index in [1.54, 1.807) is 6.20 Å². The predicted octanol–water partition coefficient (Wildman–Crippen LogP) is 2.28. The molecule has 3 aromatic heterocycles. The van der Waals surface area contributed by atoms with Gasteiger partial charge in [0.05, 0.1) is 5.69 Å². The van der Waals surface area contributed by atoms with Crippen LogP contribution in [0.5, 0.6) is 0 Å². The molecule has 3 heterocycles. The van der Waals surface area contributed by atoms with Crippen molar-refractivity contribution in [1.82, 2.24) is 24.9 Å². The van der Waals surface area contributed by atoms with Gasteiger partial charge in [-0.2, -0.15) is 5.10 Å². The van der Waals surface area contributed by atoms with Crippen molar-refractivity contribution in [3.63, 3.8) is 0 Å². The van der Waals surface area contributed by atoms with E-state index in [1.807, 2.05) is 42.2 Å². The SMILES string of the molecule is Cc1cc2ncc(CNC(C)c3cccnc3)cn2n1. The second-order valence-corrected chi connectivity index (χ2v) is 4.94. The normalized spacial score (nSPS) is 12.7. The summed E-state index contributed by atoms with van der Waals surface area (Å²) < 4.78 is 1.82. The average Bonchev–Trinajstić information content (AvgIpc) is 2.85. The highest BCUT2D eigenvalue weighted by atomic mass is 15.2. The van der Waals surface area contributed by atoms with Crippen LogP contribution in [0.1, 0.15) is 29.8 Å². The molecule has 102 valence electrons. The first kappa shape index (κ1) is 12.7. The fourth-order valence-corrected chi connectivity index (χ4v) is 2.15. The Morgan fingerprint density at radius 2 is 2.25 bits per heavy atom. The third-order valence-corrected chi connectivity index (χ3v) is 3.29. The monoisotopic (exact) mass is 267 g/mol. The first-order valence-electron chi connectivity index (χ1n) is 6.66. The maximum Gasteiger partial charge on any atom is 0.155 e. The van der Waals surface area contributed by atoms with Gasteiger partial charge < -0.3 is 5.32 Å². The molecule has 1 unspecified atom stereocenters. The van der Waals surface area contributed by atoms with E-state index in [0.717, 1.165) is 23.4 Å². The van der Waals surface area contributed by atoms with Crippen LogP contribution in [0, 0.1) is 6.92 Å². The van der Waals surface area contributed by atoms with Crippen LogP contribution in [-0.2, 0) is 6.54 Å². The quantitative estimate of drug-likeness (QED) is 0.788. The van der Waals surface area contributed by atoms with Crippen molar-refractivity contribution in [2.24, 2.45) is 0 Å². The van der Waals surface area contributed by atoms with Crippen LogP contribution >= 0.6 is 0 Å². The first-order valence-corrected chi connectivity index (χ1v) is 6.66. The maximum absolute atomic E-state index is 4.40. The summed E-state index contributed by atoms with van der Waals surface area (Å²) in [5.74, 6) is 0. The summed E-state index contributed by atoms with van der Waals surface area (Å²) in [7, 11) is 0. The first-order chi connectivity index (χ1) is 9.72. The summed E-state index contributed by atoms with van der Waals surface area (Å²) >= 11 is 0. The van der Waals surface area contributed by atoms with Crippen LogP contribution in [0.2, 0.25) is 0 Å². The van der Waals surface area contributed by atoms with Gasteiger partial charge in [0.1, 0.15) is 0 Å². The third-order valence-electron chi connectivity index (χ3n) is 3.29. The lowest BCUT2D eigenvalue weighted by molar-refractivity contribution is 0.570. The van der Waals surface area contributed by atoms with E-state index in [0.29, 0.717) is 0 Å². The minimum Gasteiger partial charge on any atom is -0.306 e. The largest absolute Gasteiger partial charge is 0.306 e. The summed E-state index contributed by atoms with van der Waals surface area (Å²) in [6.07, 6.45) is 7.57. The van der Waals surface area contributed by atoms with Crippen molar-refractivity contribution >= 4 is 5.65 Å². The molecular weight excluding hydrogens is 250 g/mol. The lowest BCUT2D eigenvalue weighted by Gasteiger charge is -2.13. The van der Waals surface area contributed by atoms with Crippen molar-refractivity contribution in [3.8, 4) is 0 Å². The zero-order valence-corrected chi connectivity index (χ0v) is 11.6. The van der Waals surface area contributed by atoms with E-state index >= 15 is 0 Å². The second-order valence-electron chi connectivity index (χ2n) is 4.94. The van der Waals surface area contributed by atoms with Gasteiger partial charge in [-0.3, -0.25) is 4.98 Å². The van der Waals surface area contributed by atoms with E-state index in [1.165, 1.54) is 5.56 Å². The van der Waals surface area contributed by atoms with Crippen LogP contribution < -0.4 is 5.32 Å². The van der Waals surface area contributed by atoms with Gasteiger partial charge in [0.25, 0.3) is 0 Å². The van der Waals surface area contributed by atoms with Gasteiger partial charge in [-0.25, -0.2) is 9.50 Å². The molecule has 20 heavy (non-hydrogen) atoms. The van der Waals surface area contributed by atoms with Crippen molar-refractivity contribution < 1.29 is 0 Å². The van der Waals surface area contributed by atoms with Gasteiger partial charge in [-0.05, 0) is 25.5 Å². The topological polar surface area (TPSA) is 55.1 Å². The Hall–Kier alpha value is -2.27. The van der Waals surface area contributed by atoms with Gasteiger partial charge in [-0.15, -0.1) is 0 Å². The number of aromatic nitrogens is 4. The molecule has 0 amide bonds. The summed E-state index contributed by atoms with van der Waals surface area (Å²) in [6.45, 7) is 4.84. The minimum atomic E-state index is 0.249. The van der Waals surface area contributed by atoms with Gasteiger partial charge in [-0.1, -0.05) is 6.07 Å². The predicted molar refractivity (Wildman–Crippen MR) is 77.2 cm³/mol. The molecule has 0 fully saturated rings. The molecule has 3 rings (SSSR count). The Labute approximate surface area is 117 Å². The molecule has 0 saturated carbocycles. The van der Waals surface area contributed by atoms with E-state index in [2.05, 4.69) is 33.4 Å². The molecular formula is C15H17N5. The highest BCUT2D eigenvalue weighted by molar-refractivity contribution is 5.38. The second kappa shape index (κ2) is 5.38. The van der Waals surface area contributed by atoms with Crippen LogP contribution in [0.3, 0.4) is 0 Å². The van der Waals surface area contributed by atoms with Crippen molar-refractivity contribution in [1.29, 1.82) is 0 Å². The molecule has 0 bridgehead atoms. The molecule has 0 aliphatic carbocycles. The standard InChI is InChI=1S/C15H17N5/c1-11-6-15-18-8-13(10-20(15)19-11)7-17-12(2)14-4-3-5-16-9-14/h3-6,8-10,12,17H,7H2,1-2H3. The molecule has 0 aromatic carbocycles. The fourth-order valence-electron chi connectivity index (χ4n) is 2.15. The van der Waals surface area contributed by atoms with Crippen LogP contribution in [-0.4, -0.2) is 19.6 Å². The Morgan fingerprint density at radius 3 is 3.05 bits per heavy atom. The van der Waals surface area contributed by atoms with Gasteiger partial charge in [0.15, 0.2) is 5.65 Å². The Kier molecular flexibility index (Phi) is 3.43. The van der Waals surface area contributed by atoms with Gasteiger partial charge in [0.2, 0.25) is 0 Å². The van der Waals surface area contributed by atoms with Gasteiger partial charge in [0, 0.05) is 49.0 Å². The van der Waals surface area contributed by atoms with Crippen molar-refractivity contribution in [2.45, 2.75) is 26.4 Å². The van der Waals surface area contributed by atoms with E-state index in [-0.39, 0.29) is 6.04 Å². The zero-order valence-electron chi connectivity index (χ0n) is 11.6. The third kappa shape index (κ3) is 2.67. The van der Waals surface area contributed by atoms with Crippen molar-refractivity contribution in [2.75, 3.05) is 0 Å². The Bertz CT molecular complexity index is 705. The van der Waals surface area contributed by atoms with Crippen molar-refractivity contribution in [3.05, 3.63) is 59.8 Å². The average molecular weight is 267 g/mol. The molecule has 5 heteroatoms. The number of hydrogen-bond acceptors (Lipinski definition) is 4. The lowest BCUT2D eigenvalue weighted by atomic mass is 10.1. The number of nitrogens with one attached hydrogen (secondary N) is 1. The molecule has 0 aliphatic rings. The van der Waals surface area contributed by atoms with Crippen LogP contribution in [0.25, 0.3) is 5.65 Å². The minimum absolute atomic E-state index is 0.249. The number of nitrogens with zero attached hydrogens (tertiary/aromatic N) is 4. The smallest absolute Gasteiger partial charge is 0.155 e. The van der Waals surface area contributed by atoms with E-state index < -0.39 is 0 Å². The Balaban J connectivity index is 1.70. The molecule has 0 aliphatic heterocycles. The lowest BCUT2D eigenvalue weighted by Crippen LogP contribution is -2.18. The molecule has 0 saturated heterocycles. The highest BCUT2D eigenvalue weighted by Gasteiger charge is 2.06. The number of pyridine rings is 1. The highest BCUT2D eigenvalue weighted by Crippen LogP contribution is 2.11. The summed E-state index contributed by atoms with van der Waals surface area (Å²) in [5, 5.41) is 7.84.